The summed E-state index contributed by atoms with van der Waals surface area (Å²) in [6.45, 7) is 7.70. The van der Waals surface area contributed by atoms with Crippen LogP contribution in [0.2, 0.25) is 0 Å². The Morgan fingerprint density at radius 2 is 1.32 bits per heavy atom. The zero-order valence-corrected chi connectivity index (χ0v) is 29.1. The van der Waals surface area contributed by atoms with Crippen molar-refractivity contribution in [2.24, 2.45) is 0 Å². The number of amides is 1. The van der Waals surface area contributed by atoms with Gasteiger partial charge in [0.2, 0.25) is 5.91 Å². The number of aliphatic carboxylic acids is 1. The topological polar surface area (TPSA) is 110 Å². The van der Waals surface area contributed by atoms with Gasteiger partial charge in [-0.1, -0.05) is 115 Å². The maximum Gasteiger partial charge on any atom is 0.344 e. The molecular formula is C39H57NO7. The minimum absolute atomic E-state index is 0.205. The lowest BCUT2D eigenvalue weighted by atomic mass is 9.95. The Morgan fingerprint density at radius 3 is 1.87 bits per heavy atom. The Labute approximate surface area is 282 Å². The van der Waals surface area contributed by atoms with E-state index in [4.69, 9.17) is 9.47 Å². The minimum atomic E-state index is -1.06. The Kier molecular flexibility index (Phi) is 19.1. The number of carbonyl (C=O) groups is 4. The molecule has 0 spiro atoms. The van der Waals surface area contributed by atoms with E-state index in [9.17, 15) is 24.3 Å². The van der Waals surface area contributed by atoms with E-state index in [2.05, 4.69) is 13.8 Å². The SMILES string of the molecule is CCCCCCCCCCCCOC(=O)C(C(C)=O)c1cccc(N(Cc2ccc(OC(CCCCCC)C(=O)O)cc2)C(C)=O)c1. The third-order valence-corrected chi connectivity index (χ3v) is 8.42. The molecule has 2 atom stereocenters. The first-order chi connectivity index (χ1) is 22.7. The quantitative estimate of drug-likeness (QED) is 0.0647. The van der Waals surface area contributed by atoms with Crippen molar-refractivity contribution in [3.63, 3.8) is 0 Å². The van der Waals surface area contributed by atoms with E-state index >= 15 is 0 Å². The van der Waals surface area contributed by atoms with Crippen LogP contribution < -0.4 is 9.64 Å². The number of carboxylic acid groups (broad SMARTS) is 1. The number of anilines is 1. The van der Waals surface area contributed by atoms with Crippen molar-refractivity contribution in [2.45, 2.75) is 143 Å². The van der Waals surface area contributed by atoms with Crippen LogP contribution in [0.15, 0.2) is 48.5 Å². The molecule has 0 bridgehead atoms. The summed E-state index contributed by atoms with van der Waals surface area (Å²) in [4.78, 5) is 51.6. The monoisotopic (exact) mass is 651 g/mol. The van der Waals surface area contributed by atoms with Crippen LogP contribution >= 0.6 is 0 Å². The zero-order chi connectivity index (χ0) is 34.4. The first-order valence-electron chi connectivity index (χ1n) is 17.7. The molecule has 2 rings (SSSR count). The van der Waals surface area contributed by atoms with Gasteiger partial charge in [0.15, 0.2) is 6.10 Å². The molecule has 2 aromatic carbocycles. The van der Waals surface area contributed by atoms with Crippen molar-refractivity contribution in [3.05, 3.63) is 59.7 Å². The van der Waals surface area contributed by atoms with Gasteiger partial charge < -0.3 is 19.5 Å². The number of hydrogen-bond acceptors (Lipinski definition) is 6. The number of hydrogen-bond donors (Lipinski definition) is 1. The standard InChI is InChI=1S/C39H57NO7/c1-5-7-9-11-12-13-14-15-16-18-27-46-39(45)37(30(3)41)33-20-19-21-34(28-33)40(31(4)42)29-32-23-25-35(26-24-32)47-36(38(43)44)22-17-10-8-6-2/h19-21,23-26,28,36-37H,5-18,22,27,29H2,1-4H3,(H,43,44). The van der Waals surface area contributed by atoms with Gasteiger partial charge in [-0.05, 0) is 61.6 Å². The Hall–Kier alpha value is -3.68. The van der Waals surface area contributed by atoms with Crippen molar-refractivity contribution >= 4 is 29.3 Å². The number of carboxylic acids is 1. The molecule has 1 N–H and O–H groups in total. The second kappa shape index (κ2) is 22.8. The fraction of sp³-hybridized carbons (Fsp3) is 0.590. The second-order valence-electron chi connectivity index (χ2n) is 12.5. The maximum absolute atomic E-state index is 13.0. The lowest BCUT2D eigenvalue weighted by molar-refractivity contribution is -0.148. The number of rotatable bonds is 25. The van der Waals surface area contributed by atoms with Crippen molar-refractivity contribution in [1.82, 2.24) is 0 Å². The summed E-state index contributed by atoms with van der Waals surface area (Å²) in [5.41, 5.74) is 1.85. The van der Waals surface area contributed by atoms with Gasteiger partial charge >= 0.3 is 11.9 Å². The van der Waals surface area contributed by atoms with Crippen LogP contribution in [0.3, 0.4) is 0 Å². The predicted octanol–water partition coefficient (Wildman–Crippen LogP) is 9.18. The molecule has 0 radical (unpaired) electrons. The highest BCUT2D eigenvalue weighted by Gasteiger charge is 2.28. The number of ether oxygens (including phenoxy) is 2. The molecule has 0 heterocycles. The largest absolute Gasteiger partial charge is 0.479 e. The normalized spacial score (nSPS) is 12.3. The smallest absolute Gasteiger partial charge is 0.344 e. The van der Waals surface area contributed by atoms with Gasteiger partial charge in [0.1, 0.15) is 17.5 Å². The van der Waals surface area contributed by atoms with Gasteiger partial charge in [-0.15, -0.1) is 0 Å². The molecule has 0 aliphatic heterocycles. The van der Waals surface area contributed by atoms with E-state index in [0.717, 1.165) is 50.5 Å². The summed E-state index contributed by atoms with van der Waals surface area (Å²) in [5, 5.41) is 9.58. The lowest BCUT2D eigenvalue weighted by Gasteiger charge is -2.23. The van der Waals surface area contributed by atoms with Gasteiger partial charge in [-0.3, -0.25) is 14.4 Å². The average Bonchev–Trinajstić information content (AvgIpc) is 3.04. The molecule has 0 saturated carbocycles. The van der Waals surface area contributed by atoms with Crippen LogP contribution in [0.25, 0.3) is 0 Å². The van der Waals surface area contributed by atoms with E-state index in [-0.39, 0.29) is 24.8 Å². The van der Waals surface area contributed by atoms with Crippen LogP contribution in [0.4, 0.5) is 5.69 Å². The molecule has 2 aromatic rings. The highest BCUT2D eigenvalue weighted by molar-refractivity contribution is 6.03. The summed E-state index contributed by atoms with van der Waals surface area (Å²) < 4.78 is 11.3. The van der Waals surface area contributed by atoms with Crippen LogP contribution in [0, 0.1) is 0 Å². The van der Waals surface area contributed by atoms with Gasteiger partial charge in [0.25, 0.3) is 0 Å². The zero-order valence-electron chi connectivity index (χ0n) is 29.1. The Morgan fingerprint density at radius 1 is 0.745 bits per heavy atom. The van der Waals surface area contributed by atoms with Crippen molar-refractivity contribution < 1.29 is 33.8 Å². The summed E-state index contributed by atoms with van der Waals surface area (Å²) >= 11 is 0. The number of Topliss-reactive ketones (excluding diaryl/α,β-unsaturated/α-hetero) is 1. The molecule has 1 amide bonds. The van der Waals surface area contributed by atoms with E-state index in [1.165, 1.54) is 58.8 Å². The second-order valence-corrected chi connectivity index (χ2v) is 12.5. The third kappa shape index (κ3) is 15.2. The van der Waals surface area contributed by atoms with Crippen molar-refractivity contribution in [2.75, 3.05) is 11.5 Å². The first-order valence-corrected chi connectivity index (χ1v) is 17.7. The minimum Gasteiger partial charge on any atom is -0.479 e. The van der Waals surface area contributed by atoms with Gasteiger partial charge in [-0.25, -0.2) is 4.79 Å². The van der Waals surface area contributed by atoms with Gasteiger partial charge in [-0.2, -0.15) is 0 Å². The molecule has 8 heteroatoms. The number of carbonyl (C=O) groups excluding carboxylic acids is 3. The molecule has 0 fully saturated rings. The predicted molar refractivity (Wildman–Crippen MR) is 187 cm³/mol. The molecule has 47 heavy (non-hydrogen) atoms. The first kappa shape index (κ1) is 39.5. The molecule has 260 valence electrons. The molecule has 0 saturated heterocycles. The number of esters is 1. The molecule has 0 aliphatic rings. The van der Waals surface area contributed by atoms with E-state index in [1.54, 1.807) is 53.4 Å². The highest BCUT2D eigenvalue weighted by atomic mass is 16.5. The lowest BCUT2D eigenvalue weighted by Crippen LogP contribution is -2.29. The van der Waals surface area contributed by atoms with Crippen LogP contribution in [0.1, 0.15) is 141 Å². The van der Waals surface area contributed by atoms with Crippen LogP contribution in [-0.2, 0) is 30.5 Å². The third-order valence-electron chi connectivity index (χ3n) is 8.42. The van der Waals surface area contributed by atoms with Crippen LogP contribution in [0.5, 0.6) is 5.75 Å². The average molecular weight is 652 g/mol. The molecular weight excluding hydrogens is 594 g/mol. The number of unbranched alkanes of at least 4 members (excludes halogenated alkanes) is 12. The molecule has 8 nitrogen and oxygen atoms in total. The Balaban J connectivity index is 1.97. The fourth-order valence-corrected chi connectivity index (χ4v) is 5.65. The molecule has 0 aromatic heterocycles. The van der Waals surface area contributed by atoms with Crippen molar-refractivity contribution in [3.8, 4) is 5.75 Å². The van der Waals surface area contributed by atoms with E-state index in [1.807, 2.05) is 0 Å². The summed E-state index contributed by atoms with van der Waals surface area (Å²) in [5.74, 6) is -2.69. The summed E-state index contributed by atoms with van der Waals surface area (Å²) in [6.07, 6.45) is 15.2. The van der Waals surface area contributed by atoms with E-state index < -0.39 is 24.0 Å². The maximum atomic E-state index is 13.0. The molecule has 2 unspecified atom stereocenters. The van der Waals surface area contributed by atoms with Gasteiger partial charge in [0, 0.05) is 12.6 Å². The van der Waals surface area contributed by atoms with Crippen LogP contribution in [-0.4, -0.2) is 41.4 Å². The molecule has 0 aliphatic carbocycles. The summed E-state index contributed by atoms with van der Waals surface area (Å²) in [6, 6.07) is 13.9. The fourth-order valence-electron chi connectivity index (χ4n) is 5.65. The van der Waals surface area contributed by atoms with Crippen molar-refractivity contribution in [1.29, 1.82) is 0 Å². The summed E-state index contributed by atoms with van der Waals surface area (Å²) in [7, 11) is 0. The number of benzene rings is 2. The van der Waals surface area contributed by atoms with Gasteiger partial charge in [0.05, 0.1) is 13.2 Å². The van der Waals surface area contributed by atoms with E-state index in [0.29, 0.717) is 23.4 Å². The highest BCUT2D eigenvalue weighted by Crippen LogP contribution is 2.27. The number of ketones is 1. The number of nitrogens with zero attached hydrogens (tertiary/aromatic N) is 1. The Bertz CT molecular complexity index is 1230.